The van der Waals surface area contributed by atoms with Crippen LogP contribution in [0.4, 0.5) is 8.78 Å². The molecule has 10 nitrogen and oxygen atoms in total. The average molecular weight is 538 g/mol. The number of nitrogens with two attached hydrogens (primary N) is 1. The quantitative estimate of drug-likeness (QED) is 0.174. The molecule has 200 valence electrons. The van der Waals surface area contributed by atoms with E-state index in [-0.39, 0.29) is 44.2 Å². The fourth-order valence-electron chi connectivity index (χ4n) is 3.78. The lowest BCUT2D eigenvalue weighted by Gasteiger charge is -2.23. The number of thiophene rings is 1. The summed E-state index contributed by atoms with van der Waals surface area (Å²) in [4.78, 5) is 39.6. The summed E-state index contributed by atoms with van der Waals surface area (Å²) in [6, 6.07) is 9.77. The maximum absolute atomic E-state index is 12.8. The predicted octanol–water partition coefficient (Wildman–Crippen LogP) is 1.83. The average Bonchev–Trinajstić information content (AvgIpc) is 3.52. The fraction of sp³-hybridized carbons (Fsp3) is 0.417. The van der Waals surface area contributed by atoms with Crippen LogP contribution in [0.2, 0.25) is 0 Å². The van der Waals surface area contributed by atoms with Crippen LogP contribution < -0.4 is 21.1 Å². The van der Waals surface area contributed by atoms with Crippen LogP contribution >= 0.6 is 11.3 Å². The Kier molecular flexibility index (Phi) is 10.3. The number of hydrogen-bond donors (Lipinski definition) is 4. The first-order valence-electron chi connectivity index (χ1n) is 11.6. The zero-order chi connectivity index (χ0) is 26.8. The Bertz CT molecular complexity index is 1080. The zero-order valence-corrected chi connectivity index (χ0v) is 20.8. The molecule has 1 saturated heterocycles. The Labute approximate surface area is 216 Å². The van der Waals surface area contributed by atoms with Gasteiger partial charge in [-0.05, 0) is 24.6 Å². The third-order valence-corrected chi connectivity index (χ3v) is 6.52. The van der Waals surface area contributed by atoms with Gasteiger partial charge in [0, 0.05) is 35.2 Å². The summed E-state index contributed by atoms with van der Waals surface area (Å²) in [5.74, 6) is -0.889. The second-order valence-corrected chi connectivity index (χ2v) is 9.29. The van der Waals surface area contributed by atoms with Gasteiger partial charge in [0.15, 0.2) is 0 Å². The van der Waals surface area contributed by atoms with Crippen molar-refractivity contribution in [1.29, 1.82) is 5.41 Å². The van der Waals surface area contributed by atoms with Crippen molar-refractivity contribution in [2.75, 3.05) is 19.7 Å². The van der Waals surface area contributed by atoms with E-state index in [1.54, 1.807) is 23.6 Å². The van der Waals surface area contributed by atoms with E-state index in [4.69, 9.17) is 15.9 Å². The molecule has 2 aromatic rings. The lowest BCUT2D eigenvalue weighted by atomic mass is 10.2. The van der Waals surface area contributed by atoms with Crippen LogP contribution in [-0.2, 0) is 25.7 Å². The summed E-state index contributed by atoms with van der Waals surface area (Å²) in [6.45, 7) is -3.17. The Morgan fingerprint density at radius 3 is 2.65 bits per heavy atom. The van der Waals surface area contributed by atoms with Gasteiger partial charge in [0.1, 0.15) is 17.6 Å². The Balaban J connectivity index is 1.48. The van der Waals surface area contributed by atoms with E-state index in [0.717, 1.165) is 9.78 Å². The van der Waals surface area contributed by atoms with Gasteiger partial charge in [0.05, 0.1) is 25.8 Å². The number of nitrogens with zero attached hydrogens (tertiary/aromatic N) is 1. The standard InChI is InChI=1S/C24H29F2N5O5S/c25-24(26)36-17-10-19(23(34)30-11-18-9-15(14-37-18)22(27)28)31(13-17)21(33)12-29-20(32)7-4-8-35-16-5-2-1-3-6-16/h1-3,5-6,9,14,17,19,24H,4,7-8,10-13H2,(H3,27,28)(H,29,32)(H,30,34)/t17-,19+/m1/s1. The number of halogens is 2. The van der Waals surface area contributed by atoms with Crippen LogP contribution in [0, 0.1) is 5.41 Å². The van der Waals surface area contributed by atoms with Gasteiger partial charge < -0.3 is 30.7 Å². The number of para-hydroxylation sites is 1. The van der Waals surface area contributed by atoms with E-state index in [2.05, 4.69) is 15.4 Å². The summed E-state index contributed by atoms with van der Waals surface area (Å²) in [7, 11) is 0. The minimum atomic E-state index is -3.04. The maximum atomic E-state index is 12.8. The molecule has 0 spiro atoms. The number of likely N-dealkylation sites (tertiary alicyclic amines) is 1. The largest absolute Gasteiger partial charge is 0.494 e. The highest BCUT2D eigenvalue weighted by atomic mass is 32.1. The van der Waals surface area contributed by atoms with Gasteiger partial charge in [-0.1, -0.05) is 18.2 Å². The van der Waals surface area contributed by atoms with Crippen molar-refractivity contribution in [3.8, 4) is 5.75 Å². The lowest BCUT2D eigenvalue weighted by molar-refractivity contribution is -0.160. The lowest BCUT2D eigenvalue weighted by Crippen LogP contribution is -2.48. The first-order valence-corrected chi connectivity index (χ1v) is 12.5. The molecule has 1 aliphatic rings. The molecule has 1 fully saturated rings. The van der Waals surface area contributed by atoms with Gasteiger partial charge in [0.2, 0.25) is 17.7 Å². The number of rotatable bonds is 13. The van der Waals surface area contributed by atoms with Crippen molar-refractivity contribution in [3.63, 3.8) is 0 Å². The molecule has 2 heterocycles. The molecule has 1 aromatic carbocycles. The SMILES string of the molecule is N=C(N)c1csc(CNC(=O)[C@@H]2C[C@@H](OC(F)F)CN2C(=O)CNC(=O)CCCOc2ccccc2)c1. The van der Waals surface area contributed by atoms with Crippen LogP contribution in [0.1, 0.15) is 29.7 Å². The van der Waals surface area contributed by atoms with E-state index < -0.39 is 30.6 Å². The number of amides is 3. The van der Waals surface area contributed by atoms with Gasteiger partial charge in [-0.15, -0.1) is 11.3 Å². The van der Waals surface area contributed by atoms with Crippen LogP contribution in [-0.4, -0.2) is 66.9 Å². The minimum absolute atomic E-state index is 0.0980. The number of alkyl halides is 2. The minimum Gasteiger partial charge on any atom is -0.494 e. The number of nitrogen functional groups attached to an aromatic ring is 1. The second kappa shape index (κ2) is 13.7. The van der Waals surface area contributed by atoms with Gasteiger partial charge in [0.25, 0.3) is 0 Å². The Morgan fingerprint density at radius 2 is 1.97 bits per heavy atom. The van der Waals surface area contributed by atoms with Gasteiger partial charge in [-0.2, -0.15) is 8.78 Å². The third-order valence-electron chi connectivity index (χ3n) is 5.58. The summed E-state index contributed by atoms with van der Waals surface area (Å²) in [5.41, 5.74) is 5.97. The van der Waals surface area contributed by atoms with Crippen LogP contribution in [0.25, 0.3) is 0 Å². The molecule has 0 bridgehead atoms. The number of amidine groups is 1. The molecule has 0 radical (unpaired) electrons. The summed E-state index contributed by atoms with van der Waals surface area (Å²) in [6.07, 6.45) is -0.557. The second-order valence-electron chi connectivity index (χ2n) is 8.29. The normalized spacial score (nSPS) is 17.0. The number of nitrogens with one attached hydrogen (secondary N) is 3. The molecule has 5 N–H and O–H groups in total. The van der Waals surface area contributed by atoms with Gasteiger partial charge >= 0.3 is 6.61 Å². The summed E-state index contributed by atoms with van der Waals surface area (Å²) < 4.78 is 35.6. The molecule has 13 heteroatoms. The smallest absolute Gasteiger partial charge is 0.345 e. The molecule has 2 atom stereocenters. The van der Waals surface area contributed by atoms with Crippen molar-refractivity contribution >= 4 is 34.9 Å². The van der Waals surface area contributed by atoms with Crippen molar-refractivity contribution < 1.29 is 32.6 Å². The molecule has 1 aromatic heterocycles. The number of hydrogen-bond acceptors (Lipinski definition) is 7. The van der Waals surface area contributed by atoms with Crippen molar-refractivity contribution in [2.45, 2.75) is 44.6 Å². The molecule has 0 unspecified atom stereocenters. The zero-order valence-electron chi connectivity index (χ0n) is 20.0. The van der Waals surface area contributed by atoms with Gasteiger partial charge in [-0.3, -0.25) is 19.8 Å². The van der Waals surface area contributed by atoms with Crippen molar-refractivity contribution in [3.05, 3.63) is 52.2 Å². The molecular formula is C24H29F2N5O5S. The number of ether oxygens (including phenoxy) is 2. The number of carbonyl (C=O) groups is 3. The summed E-state index contributed by atoms with van der Waals surface area (Å²) in [5, 5.41) is 14.3. The summed E-state index contributed by atoms with van der Waals surface area (Å²) >= 11 is 1.30. The van der Waals surface area contributed by atoms with Crippen LogP contribution in [0.15, 0.2) is 41.8 Å². The molecule has 0 saturated carbocycles. The number of carbonyl (C=O) groups excluding carboxylic acids is 3. The first kappa shape index (κ1) is 28.0. The highest BCUT2D eigenvalue weighted by Gasteiger charge is 2.41. The highest BCUT2D eigenvalue weighted by Crippen LogP contribution is 2.23. The van der Waals surface area contributed by atoms with E-state index in [0.29, 0.717) is 24.3 Å². The van der Waals surface area contributed by atoms with E-state index in [1.165, 1.54) is 11.3 Å². The number of benzene rings is 1. The van der Waals surface area contributed by atoms with Crippen molar-refractivity contribution in [1.82, 2.24) is 15.5 Å². The van der Waals surface area contributed by atoms with E-state index >= 15 is 0 Å². The molecule has 0 aliphatic carbocycles. The molecule has 37 heavy (non-hydrogen) atoms. The Hall–Kier alpha value is -3.58. The van der Waals surface area contributed by atoms with Gasteiger partial charge in [-0.25, -0.2) is 0 Å². The predicted molar refractivity (Wildman–Crippen MR) is 132 cm³/mol. The Morgan fingerprint density at radius 1 is 1.22 bits per heavy atom. The maximum Gasteiger partial charge on any atom is 0.345 e. The van der Waals surface area contributed by atoms with Crippen LogP contribution in [0.5, 0.6) is 5.75 Å². The molecule has 3 amide bonds. The van der Waals surface area contributed by atoms with E-state index in [9.17, 15) is 23.2 Å². The fourth-order valence-corrected chi connectivity index (χ4v) is 4.60. The van der Waals surface area contributed by atoms with E-state index in [1.807, 2.05) is 18.2 Å². The molecular weight excluding hydrogens is 508 g/mol. The monoisotopic (exact) mass is 537 g/mol. The first-order chi connectivity index (χ1) is 17.7. The van der Waals surface area contributed by atoms with Crippen molar-refractivity contribution in [2.24, 2.45) is 5.73 Å². The van der Waals surface area contributed by atoms with Crippen LogP contribution in [0.3, 0.4) is 0 Å². The molecule has 3 rings (SSSR count). The third kappa shape index (κ3) is 8.79. The highest BCUT2D eigenvalue weighted by molar-refractivity contribution is 7.10. The topological polar surface area (TPSA) is 147 Å². The molecule has 1 aliphatic heterocycles.